The van der Waals surface area contributed by atoms with E-state index in [9.17, 15) is 0 Å². The quantitative estimate of drug-likeness (QED) is 0.850. The molecule has 1 unspecified atom stereocenters. The number of aromatic nitrogens is 2. The minimum atomic E-state index is 0.523. The van der Waals surface area contributed by atoms with Gasteiger partial charge in [-0.3, -0.25) is 4.68 Å². The van der Waals surface area contributed by atoms with Gasteiger partial charge < -0.3 is 5.32 Å². The molecule has 1 aliphatic heterocycles. The fourth-order valence-electron chi connectivity index (χ4n) is 2.47. The minimum Gasteiger partial charge on any atom is -0.309 e. The van der Waals surface area contributed by atoms with Crippen LogP contribution in [0, 0.1) is 0 Å². The van der Waals surface area contributed by atoms with Crippen LogP contribution in [0.3, 0.4) is 0 Å². The van der Waals surface area contributed by atoms with Crippen LogP contribution in [0.25, 0.3) is 0 Å². The molecule has 2 heterocycles. The number of hydrogen-bond acceptors (Lipinski definition) is 2. The number of nitrogens with one attached hydrogen (secondary N) is 1. The summed E-state index contributed by atoms with van der Waals surface area (Å²) in [6.07, 6.45) is 6.32. The van der Waals surface area contributed by atoms with Crippen LogP contribution < -0.4 is 5.32 Å². The third kappa shape index (κ3) is 2.46. The highest BCUT2D eigenvalue weighted by Gasteiger charge is 2.18. The Morgan fingerprint density at radius 3 is 3.00 bits per heavy atom. The molecule has 0 aromatic carbocycles. The predicted octanol–water partition coefficient (Wildman–Crippen LogP) is 2.67. The Kier molecular flexibility index (Phi) is 3.99. The minimum absolute atomic E-state index is 0.523. The molecule has 1 aliphatic rings. The van der Waals surface area contributed by atoms with Gasteiger partial charge in [-0.25, -0.2) is 0 Å². The molecule has 0 spiro atoms. The van der Waals surface area contributed by atoms with Gasteiger partial charge in [0, 0.05) is 12.6 Å². The molecule has 3 nitrogen and oxygen atoms in total. The first-order chi connectivity index (χ1) is 7.85. The van der Waals surface area contributed by atoms with E-state index >= 15 is 0 Å². The number of nitrogens with zero attached hydrogens (tertiary/aromatic N) is 2. The standard InChI is InChI=1S/C13H23N3/c1-3-11-10-13(16(4-2)15-11)12-8-6-5-7-9-14-12/h10,12,14H,3-9H2,1-2H3. The largest absolute Gasteiger partial charge is 0.309 e. The maximum absolute atomic E-state index is 4.63. The smallest absolute Gasteiger partial charge is 0.0625 e. The van der Waals surface area contributed by atoms with Gasteiger partial charge in [0.25, 0.3) is 0 Å². The maximum atomic E-state index is 4.63. The van der Waals surface area contributed by atoms with Gasteiger partial charge in [-0.1, -0.05) is 19.8 Å². The zero-order chi connectivity index (χ0) is 11.4. The lowest BCUT2D eigenvalue weighted by Crippen LogP contribution is -2.23. The van der Waals surface area contributed by atoms with Crippen LogP contribution in [0.4, 0.5) is 0 Å². The van der Waals surface area contributed by atoms with Gasteiger partial charge >= 0.3 is 0 Å². The number of rotatable bonds is 3. The molecular formula is C13H23N3. The summed E-state index contributed by atoms with van der Waals surface area (Å²) in [6, 6.07) is 2.81. The van der Waals surface area contributed by atoms with Crippen LogP contribution in [-0.2, 0) is 13.0 Å². The maximum Gasteiger partial charge on any atom is 0.0625 e. The Hall–Kier alpha value is -0.830. The summed E-state index contributed by atoms with van der Waals surface area (Å²) in [4.78, 5) is 0. The highest BCUT2D eigenvalue weighted by Crippen LogP contribution is 2.23. The second-order valence-corrected chi connectivity index (χ2v) is 4.59. The lowest BCUT2D eigenvalue weighted by Gasteiger charge is -2.16. The second-order valence-electron chi connectivity index (χ2n) is 4.59. The molecule has 2 rings (SSSR count). The summed E-state index contributed by atoms with van der Waals surface area (Å²) in [5.41, 5.74) is 2.61. The number of aryl methyl sites for hydroxylation is 2. The third-order valence-corrected chi connectivity index (χ3v) is 3.44. The Balaban J connectivity index is 2.19. The average molecular weight is 221 g/mol. The molecular weight excluding hydrogens is 198 g/mol. The van der Waals surface area contributed by atoms with Crippen LogP contribution in [0.1, 0.15) is 57.0 Å². The molecule has 0 saturated carbocycles. The van der Waals surface area contributed by atoms with Crippen LogP contribution in [0.5, 0.6) is 0 Å². The Morgan fingerprint density at radius 1 is 1.38 bits per heavy atom. The van der Waals surface area contributed by atoms with Crippen LogP contribution in [0.2, 0.25) is 0 Å². The van der Waals surface area contributed by atoms with Crippen molar-refractivity contribution in [1.29, 1.82) is 0 Å². The normalized spacial score (nSPS) is 22.0. The molecule has 1 saturated heterocycles. The van der Waals surface area contributed by atoms with Gasteiger partial charge in [0.2, 0.25) is 0 Å². The Morgan fingerprint density at radius 2 is 2.25 bits per heavy atom. The van der Waals surface area contributed by atoms with E-state index < -0.39 is 0 Å². The van der Waals surface area contributed by atoms with Crippen molar-refractivity contribution in [3.8, 4) is 0 Å². The van der Waals surface area contributed by atoms with Crippen molar-refractivity contribution in [1.82, 2.24) is 15.1 Å². The summed E-state index contributed by atoms with van der Waals surface area (Å²) < 4.78 is 2.17. The Bertz CT molecular complexity index is 322. The van der Waals surface area contributed by atoms with Gasteiger partial charge in [-0.05, 0) is 38.8 Å². The van der Waals surface area contributed by atoms with Crippen molar-refractivity contribution in [3.05, 3.63) is 17.5 Å². The van der Waals surface area contributed by atoms with E-state index in [0.717, 1.165) is 19.5 Å². The van der Waals surface area contributed by atoms with Crippen molar-refractivity contribution in [2.45, 2.75) is 58.5 Å². The molecule has 1 aromatic heterocycles. The van der Waals surface area contributed by atoms with E-state index in [2.05, 4.69) is 35.0 Å². The van der Waals surface area contributed by atoms with E-state index in [4.69, 9.17) is 0 Å². The van der Waals surface area contributed by atoms with Crippen LogP contribution >= 0.6 is 0 Å². The SMILES string of the molecule is CCc1cc(C2CCCCCN2)n(CC)n1. The first-order valence-electron chi connectivity index (χ1n) is 6.65. The summed E-state index contributed by atoms with van der Waals surface area (Å²) in [5.74, 6) is 0. The highest BCUT2D eigenvalue weighted by molar-refractivity contribution is 5.14. The van der Waals surface area contributed by atoms with Crippen molar-refractivity contribution >= 4 is 0 Å². The molecule has 90 valence electrons. The third-order valence-electron chi connectivity index (χ3n) is 3.44. The van der Waals surface area contributed by atoms with E-state index in [0.29, 0.717) is 6.04 Å². The van der Waals surface area contributed by atoms with Gasteiger partial charge in [0.1, 0.15) is 0 Å². The van der Waals surface area contributed by atoms with Crippen molar-refractivity contribution in [2.75, 3.05) is 6.54 Å². The van der Waals surface area contributed by atoms with Crippen molar-refractivity contribution < 1.29 is 0 Å². The van der Waals surface area contributed by atoms with Crippen LogP contribution in [-0.4, -0.2) is 16.3 Å². The summed E-state index contributed by atoms with van der Waals surface area (Å²) >= 11 is 0. The fourth-order valence-corrected chi connectivity index (χ4v) is 2.47. The first-order valence-corrected chi connectivity index (χ1v) is 6.65. The number of hydrogen-bond donors (Lipinski definition) is 1. The average Bonchev–Trinajstić information content (AvgIpc) is 2.55. The first kappa shape index (κ1) is 11.6. The summed E-state index contributed by atoms with van der Waals surface area (Å²) in [7, 11) is 0. The van der Waals surface area contributed by atoms with E-state index in [-0.39, 0.29) is 0 Å². The van der Waals surface area contributed by atoms with E-state index in [1.807, 2.05) is 0 Å². The molecule has 0 amide bonds. The predicted molar refractivity (Wildman–Crippen MR) is 66.5 cm³/mol. The molecule has 0 aliphatic carbocycles. The molecule has 1 N–H and O–H groups in total. The second kappa shape index (κ2) is 5.48. The van der Waals surface area contributed by atoms with Crippen molar-refractivity contribution in [3.63, 3.8) is 0 Å². The van der Waals surface area contributed by atoms with Gasteiger partial charge in [0.05, 0.1) is 11.4 Å². The lowest BCUT2D eigenvalue weighted by molar-refractivity contribution is 0.479. The summed E-state index contributed by atoms with van der Waals surface area (Å²) in [5, 5.41) is 8.28. The molecule has 0 radical (unpaired) electrons. The monoisotopic (exact) mass is 221 g/mol. The molecule has 1 aromatic rings. The highest BCUT2D eigenvalue weighted by atomic mass is 15.3. The van der Waals surface area contributed by atoms with Gasteiger partial charge in [0.15, 0.2) is 0 Å². The van der Waals surface area contributed by atoms with Gasteiger partial charge in [-0.15, -0.1) is 0 Å². The Labute approximate surface area is 98.2 Å². The topological polar surface area (TPSA) is 29.9 Å². The van der Waals surface area contributed by atoms with Gasteiger partial charge in [-0.2, -0.15) is 5.10 Å². The molecule has 0 bridgehead atoms. The zero-order valence-electron chi connectivity index (χ0n) is 10.5. The van der Waals surface area contributed by atoms with Crippen molar-refractivity contribution in [2.24, 2.45) is 0 Å². The molecule has 3 heteroatoms. The zero-order valence-corrected chi connectivity index (χ0v) is 10.5. The fraction of sp³-hybridized carbons (Fsp3) is 0.769. The molecule has 16 heavy (non-hydrogen) atoms. The van der Waals surface area contributed by atoms with Crippen LogP contribution in [0.15, 0.2) is 6.07 Å². The molecule has 1 fully saturated rings. The lowest BCUT2D eigenvalue weighted by atomic mass is 10.1. The van der Waals surface area contributed by atoms with E-state index in [1.54, 1.807) is 0 Å². The molecule has 1 atom stereocenters. The summed E-state index contributed by atoms with van der Waals surface area (Å²) in [6.45, 7) is 6.48. The van der Waals surface area contributed by atoms with E-state index in [1.165, 1.54) is 37.1 Å².